The third kappa shape index (κ3) is 6.05. The molecule has 0 saturated heterocycles. The number of carbonyl (C=O) groups is 2. The third-order valence-corrected chi connectivity index (χ3v) is 8.64. The van der Waals surface area contributed by atoms with E-state index in [0.29, 0.717) is 42.1 Å². The van der Waals surface area contributed by atoms with Gasteiger partial charge in [-0.2, -0.15) is 0 Å². The maximum Gasteiger partial charge on any atom is 0.255 e. The van der Waals surface area contributed by atoms with Crippen molar-refractivity contribution in [2.45, 2.75) is 56.3 Å². The van der Waals surface area contributed by atoms with Crippen LogP contribution in [0, 0.1) is 0 Å². The first-order valence-electron chi connectivity index (χ1n) is 13.3. The lowest BCUT2D eigenvalue weighted by Gasteiger charge is -2.49. The average Bonchev–Trinajstić information content (AvgIpc) is 3.42. The molecule has 4 atom stereocenters. The van der Waals surface area contributed by atoms with Gasteiger partial charge in [0.15, 0.2) is 0 Å². The molecule has 10 heteroatoms. The van der Waals surface area contributed by atoms with Gasteiger partial charge in [0.1, 0.15) is 0 Å². The lowest BCUT2D eigenvalue weighted by molar-refractivity contribution is -0.124. The second-order valence-corrected chi connectivity index (χ2v) is 12.6. The predicted molar refractivity (Wildman–Crippen MR) is 151 cm³/mol. The molecule has 2 heterocycles. The molecule has 1 saturated carbocycles. The van der Waals surface area contributed by atoms with Crippen LogP contribution < -0.4 is 10.0 Å². The Morgan fingerprint density at radius 2 is 1.69 bits per heavy atom. The minimum atomic E-state index is -3.51. The number of hydrogen-bond donors (Lipinski definition) is 2. The van der Waals surface area contributed by atoms with Crippen LogP contribution in [0.25, 0.3) is 0 Å². The molecule has 8 nitrogen and oxygen atoms in total. The van der Waals surface area contributed by atoms with Gasteiger partial charge >= 0.3 is 0 Å². The molecule has 1 aliphatic carbocycles. The number of aromatic nitrogens is 1. The zero-order valence-corrected chi connectivity index (χ0v) is 23.4. The second-order valence-electron chi connectivity index (χ2n) is 10.3. The van der Waals surface area contributed by atoms with Crippen LogP contribution in [0.15, 0.2) is 73.1 Å². The molecule has 2 N–H and O–H groups in total. The normalized spacial score (nSPS) is 23.3. The van der Waals surface area contributed by atoms with Gasteiger partial charge in [0.05, 0.1) is 18.2 Å². The molecule has 1 aliphatic heterocycles. The van der Waals surface area contributed by atoms with Gasteiger partial charge < -0.3 is 14.8 Å². The number of nitrogens with zero attached hydrogens (tertiary/aromatic N) is 2. The smallest absolute Gasteiger partial charge is 0.255 e. The number of halogens is 1. The van der Waals surface area contributed by atoms with E-state index in [1.165, 1.54) is 0 Å². The molecule has 0 bridgehead atoms. The minimum absolute atomic E-state index is 0.185. The Morgan fingerprint density at radius 3 is 2.41 bits per heavy atom. The van der Waals surface area contributed by atoms with Gasteiger partial charge in [-0.15, -0.1) is 0 Å². The Kier molecular flexibility index (Phi) is 8.11. The van der Waals surface area contributed by atoms with Crippen molar-refractivity contribution in [1.82, 2.24) is 19.5 Å². The summed E-state index contributed by atoms with van der Waals surface area (Å²) < 4.78 is 29.3. The highest BCUT2D eigenvalue weighted by Gasteiger charge is 2.48. The first kappa shape index (κ1) is 27.4. The molecule has 39 heavy (non-hydrogen) atoms. The zero-order chi connectivity index (χ0) is 27.6. The molecule has 206 valence electrons. The van der Waals surface area contributed by atoms with Crippen LogP contribution >= 0.6 is 11.6 Å². The van der Waals surface area contributed by atoms with Crippen LogP contribution in [0.1, 0.15) is 59.1 Å². The lowest BCUT2D eigenvalue weighted by atomic mass is 9.76. The number of carbonyl (C=O) groups excluding carboxylic acids is 2. The molecule has 2 aliphatic rings. The molecule has 0 radical (unpaired) electrons. The Bertz CT molecular complexity index is 1430. The van der Waals surface area contributed by atoms with Crippen LogP contribution in [0.5, 0.6) is 0 Å². The van der Waals surface area contributed by atoms with Crippen molar-refractivity contribution in [3.8, 4) is 0 Å². The fourth-order valence-electron chi connectivity index (χ4n) is 6.01. The van der Waals surface area contributed by atoms with E-state index in [2.05, 4.69) is 10.0 Å². The summed E-state index contributed by atoms with van der Waals surface area (Å²) in [5.41, 5.74) is 1.91. The first-order chi connectivity index (χ1) is 18.7. The van der Waals surface area contributed by atoms with Crippen LogP contribution in [-0.4, -0.2) is 54.6 Å². The Labute approximate surface area is 234 Å². The molecule has 1 fully saturated rings. The molecular weight excluding hydrogens is 536 g/mol. The quantitative estimate of drug-likeness (QED) is 0.427. The summed E-state index contributed by atoms with van der Waals surface area (Å²) in [4.78, 5) is 30.0. The van der Waals surface area contributed by atoms with E-state index in [9.17, 15) is 18.0 Å². The number of hydrogen-bond acceptors (Lipinski definition) is 4. The van der Waals surface area contributed by atoms with Gasteiger partial charge in [0, 0.05) is 48.2 Å². The van der Waals surface area contributed by atoms with Crippen LogP contribution in [-0.2, 0) is 21.4 Å². The highest BCUT2D eigenvalue weighted by atomic mass is 35.5. The van der Waals surface area contributed by atoms with Crippen LogP contribution in [0.2, 0.25) is 5.02 Å². The fourth-order valence-corrected chi connectivity index (χ4v) is 6.96. The van der Waals surface area contributed by atoms with Gasteiger partial charge in [-0.1, -0.05) is 54.8 Å². The minimum Gasteiger partial charge on any atom is -0.354 e. The largest absolute Gasteiger partial charge is 0.354 e. The number of benzene rings is 2. The van der Waals surface area contributed by atoms with Crippen LogP contribution in [0.4, 0.5) is 0 Å². The summed E-state index contributed by atoms with van der Waals surface area (Å²) in [6, 6.07) is 16.8. The van der Waals surface area contributed by atoms with Gasteiger partial charge in [0.2, 0.25) is 15.9 Å². The lowest BCUT2D eigenvalue weighted by Crippen LogP contribution is -2.59. The van der Waals surface area contributed by atoms with Crippen molar-refractivity contribution < 1.29 is 18.0 Å². The number of nitrogens with one attached hydrogen (secondary N) is 2. The third-order valence-electron chi connectivity index (χ3n) is 7.66. The topological polar surface area (TPSA) is 101 Å². The zero-order valence-electron chi connectivity index (χ0n) is 21.8. The summed E-state index contributed by atoms with van der Waals surface area (Å²) >= 11 is 6.22. The van der Waals surface area contributed by atoms with E-state index in [0.717, 1.165) is 24.7 Å². The fraction of sp³-hybridized carbons (Fsp3) is 0.379. The molecule has 2 amide bonds. The molecule has 2 aromatic carbocycles. The Morgan fingerprint density at radius 1 is 1.00 bits per heavy atom. The van der Waals surface area contributed by atoms with Crippen molar-refractivity contribution >= 4 is 33.4 Å². The SMILES string of the molecule is CS(=O)(=O)N[C@H]1CCCCC1N1C(=O)c2ccccc2[C@@H](C(=O)NCCn2cccc2)[C@@H]1c1ccc(Cl)cc1. The molecule has 5 rings (SSSR count). The number of sulfonamides is 1. The number of amides is 2. The summed E-state index contributed by atoms with van der Waals surface area (Å²) in [5, 5.41) is 3.65. The van der Waals surface area contributed by atoms with E-state index in [4.69, 9.17) is 11.6 Å². The molecule has 0 spiro atoms. The summed E-state index contributed by atoms with van der Waals surface area (Å²) in [7, 11) is -3.51. The Hall–Kier alpha value is -3.14. The van der Waals surface area contributed by atoms with Crippen molar-refractivity contribution in [3.63, 3.8) is 0 Å². The highest BCUT2D eigenvalue weighted by molar-refractivity contribution is 7.88. The monoisotopic (exact) mass is 568 g/mol. The summed E-state index contributed by atoms with van der Waals surface area (Å²) in [6.45, 7) is 1.04. The highest BCUT2D eigenvalue weighted by Crippen LogP contribution is 2.46. The molecule has 3 aromatic rings. The average molecular weight is 569 g/mol. The van der Waals surface area contributed by atoms with Crippen molar-refractivity contribution in [1.29, 1.82) is 0 Å². The second kappa shape index (κ2) is 11.5. The number of rotatable bonds is 8. The van der Waals surface area contributed by atoms with E-state index < -0.39 is 34.1 Å². The number of fused-ring (bicyclic) bond motifs is 1. The van der Waals surface area contributed by atoms with Crippen molar-refractivity contribution in [3.05, 3.63) is 94.8 Å². The molecule has 1 unspecified atom stereocenters. The van der Waals surface area contributed by atoms with E-state index in [1.54, 1.807) is 29.2 Å². The van der Waals surface area contributed by atoms with Gasteiger partial charge in [-0.3, -0.25) is 9.59 Å². The van der Waals surface area contributed by atoms with Gasteiger partial charge in [-0.05, 0) is 54.3 Å². The standard InChI is InChI=1S/C29H33ClN4O4S/c1-39(37,38)32-24-10-4-5-11-25(24)34-27(20-12-14-21(30)15-13-20)26(22-8-2-3-9-23(22)29(34)36)28(35)31-16-19-33-17-6-7-18-33/h2-3,6-9,12-15,17-18,24-27,32H,4-5,10-11,16,19H2,1H3,(H,31,35)/t24-,25?,26+,27-/m0/s1. The maximum absolute atomic E-state index is 14.2. The van der Waals surface area contributed by atoms with E-state index in [1.807, 2.05) is 53.4 Å². The summed E-state index contributed by atoms with van der Waals surface area (Å²) in [6.07, 6.45) is 7.99. The van der Waals surface area contributed by atoms with Crippen molar-refractivity contribution in [2.24, 2.45) is 0 Å². The van der Waals surface area contributed by atoms with E-state index >= 15 is 0 Å². The van der Waals surface area contributed by atoms with Gasteiger partial charge in [0.25, 0.3) is 5.91 Å². The van der Waals surface area contributed by atoms with E-state index in [-0.39, 0.29) is 11.8 Å². The first-order valence-corrected chi connectivity index (χ1v) is 15.5. The Balaban J connectivity index is 1.58. The van der Waals surface area contributed by atoms with Gasteiger partial charge in [-0.25, -0.2) is 13.1 Å². The predicted octanol–water partition coefficient (Wildman–Crippen LogP) is 4.10. The van der Waals surface area contributed by atoms with Crippen LogP contribution in [0.3, 0.4) is 0 Å². The molecular formula is C29H33ClN4O4S. The summed E-state index contributed by atoms with van der Waals surface area (Å²) in [5.74, 6) is -1.07. The van der Waals surface area contributed by atoms with Crippen molar-refractivity contribution in [2.75, 3.05) is 12.8 Å². The molecule has 1 aromatic heterocycles. The maximum atomic E-state index is 14.2.